The molecule has 0 aliphatic heterocycles. The highest BCUT2D eigenvalue weighted by molar-refractivity contribution is 5.94. The Bertz CT molecular complexity index is 622. The fraction of sp³-hybridized carbons (Fsp3) is 0.231. The topological polar surface area (TPSA) is 57.8 Å². The molecular formula is C13H13F2N3O. The number of aromatic nitrogens is 2. The van der Waals surface area contributed by atoms with E-state index < -0.39 is 11.6 Å². The summed E-state index contributed by atoms with van der Waals surface area (Å²) in [5, 5.41) is 9.49. The lowest BCUT2D eigenvalue weighted by Crippen LogP contribution is -2.08. The zero-order valence-corrected chi connectivity index (χ0v) is 10.6. The lowest BCUT2D eigenvalue weighted by molar-refractivity contribution is -0.114. The number of halogens is 2. The van der Waals surface area contributed by atoms with E-state index in [1.807, 2.05) is 6.92 Å². The molecule has 0 fully saturated rings. The van der Waals surface area contributed by atoms with Gasteiger partial charge in [-0.25, -0.2) is 8.78 Å². The number of anilines is 1. The second kappa shape index (κ2) is 5.17. The quantitative estimate of drug-likeness (QED) is 0.896. The predicted molar refractivity (Wildman–Crippen MR) is 67.6 cm³/mol. The largest absolute Gasteiger partial charge is 0.323 e. The molecule has 1 aromatic carbocycles. The third kappa shape index (κ3) is 2.62. The molecule has 1 heterocycles. The number of hydrogen-bond donors (Lipinski definition) is 2. The fourth-order valence-corrected chi connectivity index (χ4v) is 1.80. The molecule has 0 spiro atoms. The van der Waals surface area contributed by atoms with Crippen LogP contribution >= 0.6 is 0 Å². The first-order valence-corrected chi connectivity index (χ1v) is 5.83. The summed E-state index contributed by atoms with van der Waals surface area (Å²) in [7, 11) is 0. The second-order valence-corrected chi connectivity index (χ2v) is 4.09. The van der Waals surface area contributed by atoms with Crippen molar-refractivity contribution in [3.05, 3.63) is 35.5 Å². The number of nitrogens with one attached hydrogen (secondary N) is 2. The summed E-state index contributed by atoms with van der Waals surface area (Å²) in [5.74, 6) is -2.12. The van der Waals surface area contributed by atoms with Crippen molar-refractivity contribution < 1.29 is 13.6 Å². The summed E-state index contributed by atoms with van der Waals surface area (Å²) in [6, 6.07) is 3.50. The Morgan fingerprint density at radius 3 is 2.68 bits per heavy atom. The molecule has 2 rings (SSSR count). The average molecular weight is 265 g/mol. The smallest absolute Gasteiger partial charge is 0.221 e. The van der Waals surface area contributed by atoms with Crippen molar-refractivity contribution in [1.29, 1.82) is 0 Å². The molecule has 100 valence electrons. The third-order valence-corrected chi connectivity index (χ3v) is 2.69. The van der Waals surface area contributed by atoms with Gasteiger partial charge < -0.3 is 5.32 Å². The molecule has 0 bridgehead atoms. The first-order chi connectivity index (χ1) is 9.02. The summed E-state index contributed by atoms with van der Waals surface area (Å²) < 4.78 is 26.2. The lowest BCUT2D eigenvalue weighted by atomic mass is 10.1. The fourth-order valence-electron chi connectivity index (χ4n) is 1.80. The van der Waals surface area contributed by atoms with Gasteiger partial charge in [0.05, 0.1) is 11.4 Å². The van der Waals surface area contributed by atoms with E-state index in [0.717, 1.165) is 17.8 Å². The Hall–Kier alpha value is -2.24. The van der Waals surface area contributed by atoms with Gasteiger partial charge in [0, 0.05) is 12.5 Å². The maximum atomic E-state index is 13.2. The van der Waals surface area contributed by atoms with Gasteiger partial charge in [-0.2, -0.15) is 5.10 Å². The highest BCUT2D eigenvalue weighted by Gasteiger charge is 2.16. The minimum Gasteiger partial charge on any atom is -0.323 e. The van der Waals surface area contributed by atoms with Crippen LogP contribution in [0.25, 0.3) is 11.3 Å². The van der Waals surface area contributed by atoms with E-state index in [4.69, 9.17) is 0 Å². The van der Waals surface area contributed by atoms with Gasteiger partial charge in [-0.15, -0.1) is 0 Å². The molecule has 0 aliphatic carbocycles. The SMILES string of the molecule is CCc1[nH]nc(-c2ccc(F)c(F)c2)c1NC(C)=O. The number of benzene rings is 1. The molecular weight excluding hydrogens is 252 g/mol. The summed E-state index contributed by atoms with van der Waals surface area (Å²) in [5.41, 5.74) is 2.03. The molecule has 0 radical (unpaired) electrons. The Balaban J connectivity index is 2.51. The number of H-pyrrole nitrogens is 1. The molecule has 6 heteroatoms. The third-order valence-electron chi connectivity index (χ3n) is 2.69. The number of aromatic amines is 1. The molecule has 0 atom stereocenters. The number of carbonyl (C=O) groups excluding carboxylic acids is 1. The van der Waals surface area contributed by atoms with E-state index in [2.05, 4.69) is 15.5 Å². The molecule has 0 aliphatic rings. The predicted octanol–water partition coefficient (Wildman–Crippen LogP) is 2.88. The Morgan fingerprint density at radius 1 is 1.37 bits per heavy atom. The highest BCUT2D eigenvalue weighted by atomic mass is 19.2. The van der Waals surface area contributed by atoms with E-state index in [1.54, 1.807) is 0 Å². The van der Waals surface area contributed by atoms with Crippen LogP contribution in [0.2, 0.25) is 0 Å². The molecule has 0 unspecified atom stereocenters. The molecule has 2 N–H and O–H groups in total. The lowest BCUT2D eigenvalue weighted by Gasteiger charge is -2.05. The molecule has 4 nitrogen and oxygen atoms in total. The zero-order valence-electron chi connectivity index (χ0n) is 10.6. The van der Waals surface area contributed by atoms with Gasteiger partial charge in [-0.1, -0.05) is 6.92 Å². The van der Waals surface area contributed by atoms with Crippen LogP contribution in [0, 0.1) is 11.6 Å². The number of nitrogens with zero attached hydrogens (tertiary/aromatic N) is 1. The number of hydrogen-bond acceptors (Lipinski definition) is 2. The van der Waals surface area contributed by atoms with Crippen molar-refractivity contribution in [2.75, 3.05) is 5.32 Å². The van der Waals surface area contributed by atoms with Gasteiger partial charge in [0.15, 0.2) is 11.6 Å². The summed E-state index contributed by atoms with van der Waals surface area (Å²) in [4.78, 5) is 11.2. The van der Waals surface area contributed by atoms with Gasteiger partial charge in [0.1, 0.15) is 5.69 Å². The van der Waals surface area contributed by atoms with Crippen LogP contribution < -0.4 is 5.32 Å². The Kier molecular flexibility index (Phi) is 3.59. The minimum absolute atomic E-state index is 0.250. The number of carbonyl (C=O) groups is 1. The van der Waals surface area contributed by atoms with Crippen molar-refractivity contribution in [3.63, 3.8) is 0 Å². The summed E-state index contributed by atoms with van der Waals surface area (Å²) in [6.07, 6.45) is 0.631. The standard InChI is InChI=1S/C13H13F2N3O/c1-3-11-13(16-7(2)19)12(18-17-11)8-4-5-9(14)10(15)6-8/h4-6H,3H2,1-2H3,(H,16,19)(H,17,18). The Morgan fingerprint density at radius 2 is 2.11 bits per heavy atom. The molecule has 0 saturated heterocycles. The monoisotopic (exact) mass is 265 g/mol. The minimum atomic E-state index is -0.952. The van der Waals surface area contributed by atoms with E-state index in [1.165, 1.54) is 13.0 Å². The zero-order chi connectivity index (χ0) is 14.0. The first-order valence-electron chi connectivity index (χ1n) is 5.83. The van der Waals surface area contributed by atoms with Crippen LogP contribution in [0.3, 0.4) is 0 Å². The van der Waals surface area contributed by atoms with E-state index in [0.29, 0.717) is 23.4 Å². The Labute approximate surface area is 108 Å². The average Bonchev–Trinajstić information content (AvgIpc) is 2.75. The normalized spacial score (nSPS) is 10.5. The van der Waals surface area contributed by atoms with Crippen LogP contribution in [0.5, 0.6) is 0 Å². The van der Waals surface area contributed by atoms with E-state index >= 15 is 0 Å². The van der Waals surface area contributed by atoms with Gasteiger partial charge >= 0.3 is 0 Å². The number of rotatable bonds is 3. The van der Waals surface area contributed by atoms with Crippen molar-refractivity contribution in [1.82, 2.24) is 10.2 Å². The van der Waals surface area contributed by atoms with Crippen LogP contribution in [-0.4, -0.2) is 16.1 Å². The molecule has 0 saturated carbocycles. The van der Waals surface area contributed by atoms with Gasteiger partial charge in [-0.05, 0) is 24.6 Å². The maximum absolute atomic E-state index is 13.2. The molecule has 1 aromatic heterocycles. The second-order valence-electron chi connectivity index (χ2n) is 4.09. The van der Waals surface area contributed by atoms with E-state index in [-0.39, 0.29) is 5.91 Å². The first kappa shape index (κ1) is 13.2. The molecule has 1 amide bonds. The van der Waals surface area contributed by atoms with Crippen LogP contribution in [0.15, 0.2) is 18.2 Å². The van der Waals surface area contributed by atoms with Gasteiger partial charge in [0.2, 0.25) is 5.91 Å². The van der Waals surface area contributed by atoms with Crippen LogP contribution in [0.4, 0.5) is 14.5 Å². The number of aryl methyl sites for hydroxylation is 1. The number of amides is 1. The van der Waals surface area contributed by atoms with Crippen molar-refractivity contribution in [2.45, 2.75) is 20.3 Å². The van der Waals surface area contributed by atoms with Crippen molar-refractivity contribution in [3.8, 4) is 11.3 Å². The van der Waals surface area contributed by atoms with Crippen LogP contribution in [-0.2, 0) is 11.2 Å². The summed E-state index contributed by atoms with van der Waals surface area (Å²) >= 11 is 0. The van der Waals surface area contributed by atoms with Crippen molar-refractivity contribution in [2.24, 2.45) is 0 Å². The van der Waals surface area contributed by atoms with E-state index in [9.17, 15) is 13.6 Å². The van der Waals surface area contributed by atoms with Crippen molar-refractivity contribution >= 4 is 11.6 Å². The summed E-state index contributed by atoms with van der Waals surface area (Å²) in [6.45, 7) is 3.27. The molecule has 19 heavy (non-hydrogen) atoms. The van der Waals surface area contributed by atoms with Gasteiger partial charge in [-0.3, -0.25) is 9.89 Å². The highest BCUT2D eigenvalue weighted by Crippen LogP contribution is 2.30. The maximum Gasteiger partial charge on any atom is 0.221 e. The molecule has 2 aromatic rings. The van der Waals surface area contributed by atoms with Crippen LogP contribution in [0.1, 0.15) is 19.5 Å². The van der Waals surface area contributed by atoms with Gasteiger partial charge in [0.25, 0.3) is 0 Å².